The molecular weight excluding hydrogens is 276 g/mol. The molecule has 2 aliphatic heterocycles. The van der Waals surface area contributed by atoms with E-state index in [2.05, 4.69) is 46.6 Å². The normalized spacial score (nSPS) is 22.6. The van der Waals surface area contributed by atoms with E-state index in [1.54, 1.807) is 6.20 Å². The molecule has 0 bridgehead atoms. The quantitative estimate of drug-likeness (QED) is 0.832. The number of anilines is 1. The van der Waals surface area contributed by atoms with E-state index in [9.17, 15) is 4.79 Å². The van der Waals surface area contributed by atoms with Crippen molar-refractivity contribution in [2.45, 2.75) is 38.3 Å². The van der Waals surface area contributed by atoms with Gasteiger partial charge in [0.2, 0.25) is 5.91 Å². The number of piperazine rings is 1. The molecule has 5 nitrogen and oxygen atoms in total. The van der Waals surface area contributed by atoms with Gasteiger partial charge in [-0.05, 0) is 45.9 Å². The van der Waals surface area contributed by atoms with Crippen molar-refractivity contribution in [1.82, 2.24) is 14.8 Å². The van der Waals surface area contributed by atoms with Gasteiger partial charge in [-0.2, -0.15) is 0 Å². The zero-order valence-corrected chi connectivity index (χ0v) is 13.8. The molecule has 2 fully saturated rings. The Morgan fingerprint density at radius 2 is 1.91 bits per heavy atom. The van der Waals surface area contributed by atoms with Gasteiger partial charge in [0.15, 0.2) is 0 Å². The molecule has 120 valence electrons. The second kappa shape index (κ2) is 5.88. The summed E-state index contributed by atoms with van der Waals surface area (Å²) >= 11 is 0. The van der Waals surface area contributed by atoms with E-state index in [0.717, 1.165) is 44.7 Å². The molecule has 1 amide bonds. The summed E-state index contributed by atoms with van der Waals surface area (Å²) in [5, 5.41) is 0. The van der Waals surface area contributed by atoms with Gasteiger partial charge in [0.1, 0.15) is 5.54 Å². The lowest BCUT2D eigenvalue weighted by Gasteiger charge is -2.52. The fourth-order valence-electron chi connectivity index (χ4n) is 3.77. The van der Waals surface area contributed by atoms with Gasteiger partial charge in [-0.25, -0.2) is 0 Å². The summed E-state index contributed by atoms with van der Waals surface area (Å²) in [5.41, 5.74) is 0.852. The predicted molar refractivity (Wildman–Crippen MR) is 87.9 cm³/mol. The molecule has 1 spiro atoms. The SMILES string of the molecule is CC(C)N1CCN(C)C2(CCN(c3cccnc3)CC2)C1=O. The zero-order chi connectivity index (χ0) is 15.7. The van der Waals surface area contributed by atoms with Crippen molar-refractivity contribution >= 4 is 11.6 Å². The molecule has 0 radical (unpaired) electrons. The van der Waals surface area contributed by atoms with Crippen LogP contribution in [0.1, 0.15) is 26.7 Å². The third kappa shape index (κ3) is 2.47. The van der Waals surface area contributed by atoms with Crippen LogP contribution in [-0.4, -0.2) is 65.5 Å². The molecule has 0 N–H and O–H groups in total. The van der Waals surface area contributed by atoms with Crippen LogP contribution in [0.2, 0.25) is 0 Å². The van der Waals surface area contributed by atoms with Gasteiger partial charge >= 0.3 is 0 Å². The minimum atomic E-state index is -0.304. The summed E-state index contributed by atoms with van der Waals surface area (Å²) in [6.07, 6.45) is 5.49. The molecular formula is C17H26N4O. The van der Waals surface area contributed by atoms with E-state index in [1.807, 2.05) is 12.3 Å². The maximum Gasteiger partial charge on any atom is 0.243 e. The first-order valence-corrected chi connectivity index (χ1v) is 8.22. The van der Waals surface area contributed by atoms with Crippen LogP contribution in [0.3, 0.4) is 0 Å². The number of carbonyl (C=O) groups excluding carboxylic acids is 1. The summed E-state index contributed by atoms with van der Waals surface area (Å²) in [5.74, 6) is 0.321. The van der Waals surface area contributed by atoms with E-state index < -0.39 is 0 Å². The van der Waals surface area contributed by atoms with E-state index >= 15 is 0 Å². The molecule has 2 aliphatic rings. The van der Waals surface area contributed by atoms with Crippen molar-refractivity contribution in [3.8, 4) is 0 Å². The zero-order valence-electron chi connectivity index (χ0n) is 13.8. The van der Waals surface area contributed by atoms with Crippen molar-refractivity contribution in [3.63, 3.8) is 0 Å². The second-order valence-corrected chi connectivity index (χ2v) is 6.74. The summed E-state index contributed by atoms with van der Waals surface area (Å²) in [6, 6.07) is 4.35. The van der Waals surface area contributed by atoms with Crippen molar-refractivity contribution in [2.75, 3.05) is 38.1 Å². The summed E-state index contributed by atoms with van der Waals surface area (Å²) in [6.45, 7) is 7.86. The minimum absolute atomic E-state index is 0.287. The first-order chi connectivity index (χ1) is 10.5. The Hall–Kier alpha value is -1.62. The number of rotatable bonds is 2. The summed E-state index contributed by atoms with van der Waals surface area (Å²) in [7, 11) is 2.11. The molecule has 3 heterocycles. The largest absolute Gasteiger partial charge is 0.370 e. The van der Waals surface area contributed by atoms with E-state index in [4.69, 9.17) is 0 Å². The van der Waals surface area contributed by atoms with Crippen molar-refractivity contribution in [2.24, 2.45) is 0 Å². The van der Waals surface area contributed by atoms with E-state index in [1.165, 1.54) is 0 Å². The molecule has 0 unspecified atom stereocenters. The van der Waals surface area contributed by atoms with Crippen LogP contribution >= 0.6 is 0 Å². The average Bonchev–Trinajstić information content (AvgIpc) is 2.54. The minimum Gasteiger partial charge on any atom is -0.370 e. The third-order valence-corrected chi connectivity index (χ3v) is 5.29. The number of hydrogen-bond acceptors (Lipinski definition) is 4. The second-order valence-electron chi connectivity index (χ2n) is 6.74. The number of hydrogen-bond donors (Lipinski definition) is 0. The molecule has 0 atom stereocenters. The molecule has 0 saturated carbocycles. The highest BCUT2D eigenvalue weighted by Gasteiger charge is 2.49. The molecule has 1 aromatic rings. The molecule has 1 aromatic heterocycles. The number of pyridine rings is 1. The summed E-state index contributed by atoms with van der Waals surface area (Å²) < 4.78 is 0. The highest BCUT2D eigenvalue weighted by Crippen LogP contribution is 2.34. The number of aromatic nitrogens is 1. The van der Waals surface area contributed by atoms with Crippen LogP contribution in [0.4, 0.5) is 5.69 Å². The maximum atomic E-state index is 13.1. The van der Waals surface area contributed by atoms with Crippen LogP contribution in [-0.2, 0) is 4.79 Å². The lowest BCUT2D eigenvalue weighted by atomic mass is 9.82. The number of likely N-dealkylation sites (N-methyl/N-ethyl adjacent to an activating group) is 1. The smallest absolute Gasteiger partial charge is 0.243 e. The molecule has 3 rings (SSSR count). The van der Waals surface area contributed by atoms with Gasteiger partial charge in [-0.3, -0.25) is 14.7 Å². The van der Waals surface area contributed by atoms with E-state index in [0.29, 0.717) is 5.91 Å². The Kier molecular flexibility index (Phi) is 4.08. The average molecular weight is 302 g/mol. The third-order valence-electron chi connectivity index (χ3n) is 5.29. The Balaban J connectivity index is 1.76. The predicted octanol–water partition coefficient (Wildman–Crippen LogP) is 1.60. The lowest BCUT2D eigenvalue weighted by Crippen LogP contribution is -2.68. The molecule has 2 saturated heterocycles. The van der Waals surface area contributed by atoms with Gasteiger partial charge < -0.3 is 9.80 Å². The van der Waals surface area contributed by atoms with E-state index in [-0.39, 0.29) is 11.6 Å². The van der Waals surface area contributed by atoms with Gasteiger partial charge in [-0.1, -0.05) is 0 Å². The lowest BCUT2D eigenvalue weighted by molar-refractivity contribution is -0.154. The van der Waals surface area contributed by atoms with Gasteiger partial charge in [0, 0.05) is 38.4 Å². The number of amides is 1. The molecule has 5 heteroatoms. The first-order valence-electron chi connectivity index (χ1n) is 8.22. The molecule has 0 aliphatic carbocycles. The van der Waals surface area contributed by atoms with Crippen LogP contribution in [0.5, 0.6) is 0 Å². The highest BCUT2D eigenvalue weighted by molar-refractivity contribution is 5.88. The van der Waals surface area contributed by atoms with Crippen molar-refractivity contribution < 1.29 is 4.79 Å². The monoisotopic (exact) mass is 302 g/mol. The van der Waals surface area contributed by atoms with Crippen LogP contribution in [0, 0.1) is 0 Å². The van der Waals surface area contributed by atoms with Gasteiger partial charge in [-0.15, -0.1) is 0 Å². The van der Waals surface area contributed by atoms with Crippen LogP contribution < -0.4 is 4.90 Å². The Morgan fingerprint density at radius 1 is 1.18 bits per heavy atom. The van der Waals surface area contributed by atoms with Gasteiger partial charge in [0.25, 0.3) is 0 Å². The fraction of sp³-hybridized carbons (Fsp3) is 0.647. The number of nitrogens with zero attached hydrogens (tertiary/aromatic N) is 4. The molecule has 22 heavy (non-hydrogen) atoms. The first kappa shape index (κ1) is 15.3. The number of piperidine rings is 1. The highest BCUT2D eigenvalue weighted by atomic mass is 16.2. The fourth-order valence-corrected chi connectivity index (χ4v) is 3.77. The maximum absolute atomic E-state index is 13.1. The van der Waals surface area contributed by atoms with Gasteiger partial charge in [0.05, 0.1) is 11.9 Å². The van der Waals surface area contributed by atoms with Crippen LogP contribution in [0.25, 0.3) is 0 Å². The topological polar surface area (TPSA) is 39.7 Å². The Labute approximate surface area is 132 Å². The van der Waals surface area contributed by atoms with Crippen molar-refractivity contribution in [3.05, 3.63) is 24.5 Å². The van der Waals surface area contributed by atoms with Crippen LogP contribution in [0.15, 0.2) is 24.5 Å². The summed E-state index contributed by atoms with van der Waals surface area (Å²) in [4.78, 5) is 23.9. The standard InChI is InChI=1S/C17H26N4O/c1-14(2)21-12-11-19(3)17(16(21)22)6-9-20(10-7-17)15-5-4-8-18-13-15/h4-5,8,13-14H,6-7,9-12H2,1-3H3. The Morgan fingerprint density at radius 3 is 2.50 bits per heavy atom. The number of carbonyl (C=O) groups is 1. The molecule has 0 aromatic carbocycles. The Bertz CT molecular complexity index is 523. The van der Waals surface area contributed by atoms with Crippen molar-refractivity contribution in [1.29, 1.82) is 0 Å².